The Kier molecular flexibility index (Phi) is 6.03. The third-order valence-electron chi connectivity index (χ3n) is 7.21. The molecule has 3 aliphatic heterocycles. The molecule has 0 spiro atoms. The van der Waals surface area contributed by atoms with Crippen LogP contribution >= 0.6 is 0 Å². The molecule has 0 saturated carbocycles. The molecular weight excluding hydrogens is 442 g/mol. The maximum absolute atomic E-state index is 5.58. The predicted molar refractivity (Wildman–Crippen MR) is 138 cm³/mol. The van der Waals surface area contributed by atoms with Gasteiger partial charge in [0.1, 0.15) is 17.3 Å². The summed E-state index contributed by atoms with van der Waals surface area (Å²) in [5.74, 6) is 1.93. The maximum atomic E-state index is 5.58. The molecule has 2 atom stereocenters. The largest absolute Gasteiger partial charge is 0.383 e. The van der Waals surface area contributed by atoms with E-state index in [9.17, 15) is 0 Å². The Hall–Kier alpha value is -3.17. The van der Waals surface area contributed by atoms with E-state index >= 15 is 0 Å². The van der Waals surface area contributed by atoms with Crippen molar-refractivity contribution in [2.45, 2.75) is 50.7 Å². The van der Waals surface area contributed by atoms with E-state index in [2.05, 4.69) is 40.7 Å². The van der Waals surface area contributed by atoms with E-state index in [1.54, 1.807) is 7.11 Å². The van der Waals surface area contributed by atoms with Crippen LogP contribution < -0.4 is 15.5 Å². The van der Waals surface area contributed by atoms with Crippen molar-refractivity contribution in [3.8, 4) is 0 Å². The Morgan fingerprint density at radius 2 is 2.03 bits per heavy atom. The van der Waals surface area contributed by atoms with Gasteiger partial charge in [-0.05, 0) is 44.7 Å². The molecule has 2 fully saturated rings. The lowest BCUT2D eigenvalue weighted by molar-refractivity contribution is 0.0903. The normalized spacial score (nSPS) is 22.7. The van der Waals surface area contributed by atoms with E-state index in [1.807, 2.05) is 22.7 Å². The van der Waals surface area contributed by atoms with Gasteiger partial charge in [0, 0.05) is 45.0 Å². The highest BCUT2D eigenvalue weighted by Crippen LogP contribution is 2.32. The average Bonchev–Trinajstić information content (AvgIpc) is 3.52. The highest BCUT2D eigenvalue weighted by Gasteiger charge is 2.28. The molecule has 3 aromatic rings. The number of para-hydroxylation sites is 2. The third kappa shape index (κ3) is 4.34. The minimum atomic E-state index is 0.0471. The molecule has 2 unspecified atom stereocenters. The molecular formula is C26H33N7O2. The van der Waals surface area contributed by atoms with E-state index in [0.717, 1.165) is 85.5 Å². The molecule has 0 radical (unpaired) electrons. The zero-order chi connectivity index (χ0) is 23.8. The zero-order valence-electron chi connectivity index (χ0n) is 20.4. The van der Waals surface area contributed by atoms with Crippen molar-refractivity contribution >= 4 is 34.4 Å². The van der Waals surface area contributed by atoms with Gasteiger partial charge in [-0.15, -0.1) is 0 Å². The van der Waals surface area contributed by atoms with Crippen molar-refractivity contribution in [2.24, 2.45) is 4.99 Å². The Labute approximate surface area is 205 Å². The van der Waals surface area contributed by atoms with Crippen LogP contribution in [-0.4, -0.2) is 71.9 Å². The lowest BCUT2D eigenvalue weighted by atomic mass is 10.1. The Morgan fingerprint density at radius 1 is 1.17 bits per heavy atom. The van der Waals surface area contributed by atoms with Crippen LogP contribution in [0.1, 0.15) is 38.3 Å². The number of nitrogens with one attached hydrogen (secondary N) is 2. The molecule has 0 bridgehead atoms. The SMILES string of the molecule is COCC1CCCN1c1cc(NC2CCOCC2)n2nc(C3=Nc4ccccc4NC3C)cc2n1. The molecule has 0 aliphatic carbocycles. The Bertz CT molecular complexity index is 1230. The zero-order valence-corrected chi connectivity index (χ0v) is 20.4. The fraction of sp³-hybridized carbons (Fsp3) is 0.500. The van der Waals surface area contributed by atoms with Crippen LogP contribution in [-0.2, 0) is 9.47 Å². The molecule has 9 heteroatoms. The lowest BCUT2D eigenvalue weighted by Crippen LogP contribution is -2.34. The highest BCUT2D eigenvalue weighted by atomic mass is 16.5. The summed E-state index contributed by atoms with van der Waals surface area (Å²) < 4.78 is 13.0. The van der Waals surface area contributed by atoms with Gasteiger partial charge in [-0.2, -0.15) is 9.61 Å². The van der Waals surface area contributed by atoms with Gasteiger partial charge in [-0.25, -0.2) is 9.98 Å². The summed E-state index contributed by atoms with van der Waals surface area (Å²) in [5.41, 5.74) is 4.57. The van der Waals surface area contributed by atoms with Gasteiger partial charge in [0.15, 0.2) is 5.65 Å². The number of benzene rings is 1. The molecule has 184 valence electrons. The number of aliphatic imine (C=N–C) groups is 1. The molecule has 5 heterocycles. The topological polar surface area (TPSA) is 88.3 Å². The Morgan fingerprint density at radius 3 is 2.89 bits per heavy atom. The van der Waals surface area contributed by atoms with Crippen molar-refractivity contribution in [3.63, 3.8) is 0 Å². The number of fused-ring (bicyclic) bond motifs is 2. The summed E-state index contributed by atoms with van der Waals surface area (Å²) in [5, 5.41) is 12.3. The summed E-state index contributed by atoms with van der Waals surface area (Å²) in [7, 11) is 1.77. The van der Waals surface area contributed by atoms with E-state index in [4.69, 9.17) is 24.5 Å². The molecule has 0 amide bonds. The smallest absolute Gasteiger partial charge is 0.160 e. The number of hydrogen-bond acceptors (Lipinski definition) is 8. The van der Waals surface area contributed by atoms with Crippen LogP contribution in [0.3, 0.4) is 0 Å². The minimum Gasteiger partial charge on any atom is -0.383 e. The summed E-state index contributed by atoms with van der Waals surface area (Å²) in [6.45, 7) is 5.38. The first kappa shape index (κ1) is 22.3. The fourth-order valence-electron chi connectivity index (χ4n) is 5.39. The number of nitrogens with zero attached hydrogens (tertiary/aromatic N) is 5. The monoisotopic (exact) mass is 475 g/mol. The lowest BCUT2D eigenvalue weighted by Gasteiger charge is -2.27. The number of hydrogen-bond donors (Lipinski definition) is 2. The van der Waals surface area contributed by atoms with Crippen LogP contribution in [0, 0.1) is 0 Å². The number of aromatic nitrogens is 3. The number of anilines is 3. The van der Waals surface area contributed by atoms with Crippen molar-refractivity contribution in [2.75, 3.05) is 49.0 Å². The second-order valence-electron chi connectivity index (χ2n) is 9.66. The van der Waals surface area contributed by atoms with Crippen LogP contribution in [0.4, 0.5) is 23.0 Å². The molecule has 1 aromatic carbocycles. The number of methoxy groups -OCH3 is 1. The summed E-state index contributed by atoms with van der Waals surface area (Å²) in [6.07, 6.45) is 4.22. The van der Waals surface area contributed by atoms with E-state index in [1.165, 1.54) is 0 Å². The van der Waals surface area contributed by atoms with Crippen LogP contribution in [0.25, 0.3) is 5.65 Å². The summed E-state index contributed by atoms with van der Waals surface area (Å²) in [4.78, 5) is 12.4. The molecule has 3 aliphatic rings. The van der Waals surface area contributed by atoms with Gasteiger partial charge in [0.05, 0.1) is 35.8 Å². The molecule has 9 nitrogen and oxygen atoms in total. The number of rotatable bonds is 6. The van der Waals surface area contributed by atoms with E-state index < -0.39 is 0 Å². The number of ether oxygens (including phenoxy) is 2. The Balaban J connectivity index is 1.42. The second kappa shape index (κ2) is 9.47. The molecule has 2 N–H and O–H groups in total. The summed E-state index contributed by atoms with van der Waals surface area (Å²) in [6, 6.07) is 13.1. The van der Waals surface area contributed by atoms with Crippen molar-refractivity contribution in [1.29, 1.82) is 0 Å². The van der Waals surface area contributed by atoms with Gasteiger partial charge in [0.2, 0.25) is 0 Å². The molecule has 2 saturated heterocycles. The molecule has 6 rings (SSSR count). The first-order valence-electron chi connectivity index (χ1n) is 12.6. The van der Waals surface area contributed by atoms with Gasteiger partial charge >= 0.3 is 0 Å². The van der Waals surface area contributed by atoms with E-state index in [0.29, 0.717) is 18.7 Å². The van der Waals surface area contributed by atoms with E-state index in [-0.39, 0.29) is 6.04 Å². The summed E-state index contributed by atoms with van der Waals surface area (Å²) >= 11 is 0. The van der Waals surface area contributed by atoms with Crippen LogP contribution in [0.15, 0.2) is 41.4 Å². The fourth-order valence-corrected chi connectivity index (χ4v) is 5.39. The van der Waals surface area contributed by atoms with Crippen molar-refractivity contribution in [3.05, 3.63) is 42.1 Å². The first-order chi connectivity index (χ1) is 17.2. The van der Waals surface area contributed by atoms with Crippen molar-refractivity contribution in [1.82, 2.24) is 14.6 Å². The standard InChI is InChI=1S/C26H33N7O2/c1-17-26(29-21-8-4-3-7-20(21)27-17)22-14-24-30-23(32-11-5-6-19(32)16-34-2)15-25(33(24)31-22)28-18-9-12-35-13-10-18/h3-4,7-8,14-15,17-19,27-28H,5-6,9-13,16H2,1-2H3. The minimum absolute atomic E-state index is 0.0471. The quantitative estimate of drug-likeness (QED) is 0.560. The van der Waals surface area contributed by atoms with Gasteiger partial charge in [0.25, 0.3) is 0 Å². The van der Waals surface area contributed by atoms with Crippen molar-refractivity contribution < 1.29 is 9.47 Å². The van der Waals surface area contributed by atoms with Crippen LogP contribution in [0.2, 0.25) is 0 Å². The van der Waals surface area contributed by atoms with Gasteiger partial charge < -0.3 is 25.0 Å². The third-order valence-corrected chi connectivity index (χ3v) is 7.21. The predicted octanol–water partition coefficient (Wildman–Crippen LogP) is 3.87. The molecule has 2 aromatic heterocycles. The molecule has 35 heavy (non-hydrogen) atoms. The highest BCUT2D eigenvalue weighted by molar-refractivity contribution is 6.08. The van der Waals surface area contributed by atoms with Crippen LogP contribution in [0.5, 0.6) is 0 Å². The van der Waals surface area contributed by atoms with Gasteiger partial charge in [-0.3, -0.25) is 0 Å². The maximum Gasteiger partial charge on any atom is 0.160 e. The first-order valence-corrected chi connectivity index (χ1v) is 12.6. The van der Waals surface area contributed by atoms with Gasteiger partial charge in [-0.1, -0.05) is 12.1 Å². The second-order valence-corrected chi connectivity index (χ2v) is 9.66. The average molecular weight is 476 g/mol.